The molecule has 0 saturated heterocycles. The molecule has 0 spiro atoms. The highest BCUT2D eigenvalue weighted by Gasteiger charge is 2.06. The number of nitrogens with zero attached hydrogens (tertiary/aromatic N) is 1. The molecule has 0 amide bonds. The van der Waals surface area contributed by atoms with E-state index in [0.717, 1.165) is 12.3 Å². The molecule has 1 heterocycles. The van der Waals surface area contributed by atoms with Crippen molar-refractivity contribution in [3.05, 3.63) is 29.6 Å². The maximum atomic E-state index is 10.3. The van der Waals surface area contributed by atoms with Gasteiger partial charge in [-0.15, -0.1) is 24.8 Å². The van der Waals surface area contributed by atoms with Crippen LogP contribution in [0.5, 0.6) is 0 Å². The van der Waals surface area contributed by atoms with Crippen molar-refractivity contribution in [3.8, 4) is 0 Å². The number of carbonyl (C=O) groups is 2. The molecule has 7 heteroatoms. The van der Waals surface area contributed by atoms with Gasteiger partial charge in [-0.25, -0.2) is 14.6 Å². The first-order chi connectivity index (χ1) is 5.61. The van der Waals surface area contributed by atoms with E-state index in [-0.39, 0.29) is 36.1 Å². The minimum absolute atomic E-state index is 0. The molecule has 14 heavy (non-hydrogen) atoms. The van der Waals surface area contributed by atoms with Crippen molar-refractivity contribution in [2.24, 2.45) is 0 Å². The van der Waals surface area contributed by atoms with E-state index in [1.54, 1.807) is 0 Å². The Hall–Kier alpha value is -1.33. The molecule has 0 saturated carbocycles. The van der Waals surface area contributed by atoms with Crippen LogP contribution in [0.4, 0.5) is 0 Å². The van der Waals surface area contributed by atoms with Crippen molar-refractivity contribution in [2.45, 2.75) is 0 Å². The fourth-order valence-electron chi connectivity index (χ4n) is 0.647. The second-order valence-corrected chi connectivity index (χ2v) is 2.04. The largest absolute Gasteiger partial charge is 0.478 e. The van der Waals surface area contributed by atoms with Crippen LogP contribution in [-0.4, -0.2) is 27.1 Å². The average molecular weight is 240 g/mol. The Labute approximate surface area is 91.6 Å². The normalized spacial score (nSPS) is 8.00. The number of rotatable bonds is 2. The van der Waals surface area contributed by atoms with Crippen LogP contribution in [-0.2, 0) is 0 Å². The summed E-state index contributed by atoms with van der Waals surface area (Å²) in [5, 5.41) is 16.8. The Morgan fingerprint density at radius 2 is 1.64 bits per heavy atom. The number of aromatic nitrogens is 1. The summed E-state index contributed by atoms with van der Waals surface area (Å²) < 4.78 is 0. The first-order valence-corrected chi connectivity index (χ1v) is 3.04. The van der Waals surface area contributed by atoms with Crippen molar-refractivity contribution in [2.75, 3.05) is 0 Å². The molecule has 78 valence electrons. The molecule has 1 rings (SSSR count). The first kappa shape index (κ1) is 15.2. The van der Waals surface area contributed by atoms with Gasteiger partial charge in [-0.2, -0.15) is 0 Å². The maximum absolute atomic E-state index is 10.3. The van der Waals surface area contributed by atoms with Crippen molar-refractivity contribution in [1.29, 1.82) is 0 Å². The molecule has 0 bridgehead atoms. The third kappa shape index (κ3) is 3.59. The van der Waals surface area contributed by atoms with Crippen LogP contribution in [0.15, 0.2) is 18.3 Å². The highest BCUT2D eigenvalue weighted by atomic mass is 35.5. The van der Waals surface area contributed by atoms with Crippen LogP contribution in [0.25, 0.3) is 0 Å². The number of carboxylic acid groups (broad SMARTS) is 2. The lowest BCUT2D eigenvalue weighted by molar-refractivity contribution is 0.0676. The molecule has 1 aromatic rings. The van der Waals surface area contributed by atoms with Gasteiger partial charge in [-0.1, -0.05) is 0 Å². The van der Waals surface area contributed by atoms with E-state index in [1.165, 1.54) is 6.07 Å². The van der Waals surface area contributed by atoms with Crippen LogP contribution in [0, 0.1) is 0 Å². The van der Waals surface area contributed by atoms with Gasteiger partial charge in [0.1, 0.15) is 5.69 Å². The van der Waals surface area contributed by atoms with E-state index in [9.17, 15) is 9.59 Å². The van der Waals surface area contributed by atoms with Gasteiger partial charge in [-0.3, -0.25) is 0 Å². The van der Waals surface area contributed by atoms with Gasteiger partial charge in [-0.05, 0) is 12.1 Å². The maximum Gasteiger partial charge on any atom is 0.354 e. The predicted molar refractivity (Wildman–Crippen MR) is 52.7 cm³/mol. The van der Waals surface area contributed by atoms with Gasteiger partial charge in [0.15, 0.2) is 0 Å². The zero-order chi connectivity index (χ0) is 9.14. The third-order valence-electron chi connectivity index (χ3n) is 1.23. The third-order valence-corrected chi connectivity index (χ3v) is 1.23. The molecular weight excluding hydrogens is 233 g/mol. The van der Waals surface area contributed by atoms with Crippen LogP contribution < -0.4 is 0 Å². The highest BCUT2D eigenvalue weighted by Crippen LogP contribution is 1.99. The minimum atomic E-state index is -1.17. The second-order valence-electron chi connectivity index (χ2n) is 2.04. The van der Waals surface area contributed by atoms with E-state index in [1.807, 2.05) is 0 Å². The predicted octanol–water partition coefficient (Wildman–Crippen LogP) is 1.32. The Balaban J connectivity index is 0. The Bertz CT molecular complexity index is 292. The van der Waals surface area contributed by atoms with Crippen molar-refractivity contribution >= 4 is 36.8 Å². The zero-order valence-electron chi connectivity index (χ0n) is 6.71. The number of aromatic carboxylic acids is 2. The summed E-state index contributed by atoms with van der Waals surface area (Å²) >= 11 is 0. The van der Waals surface area contributed by atoms with Crippen molar-refractivity contribution in [1.82, 2.24) is 4.98 Å². The number of hydrogen-bond donors (Lipinski definition) is 2. The van der Waals surface area contributed by atoms with E-state index in [0.29, 0.717) is 0 Å². The standard InChI is InChI=1S/C7H5NO4.2ClH/c9-6(10)4-1-2-5(7(11)12)8-3-4;;/h1-3H,(H,9,10)(H,11,12);2*1H. The molecule has 1 aromatic heterocycles. The van der Waals surface area contributed by atoms with Crippen molar-refractivity contribution < 1.29 is 19.8 Å². The molecule has 0 radical (unpaired) electrons. The Morgan fingerprint density at radius 3 is 1.93 bits per heavy atom. The summed E-state index contributed by atoms with van der Waals surface area (Å²) in [6.45, 7) is 0. The zero-order valence-corrected chi connectivity index (χ0v) is 8.34. The summed E-state index contributed by atoms with van der Waals surface area (Å²) in [6.07, 6.45) is 1.01. The van der Waals surface area contributed by atoms with E-state index < -0.39 is 11.9 Å². The van der Waals surface area contributed by atoms with Gasteiger partial charge < -0.3 is 10.2 Å². The second kappa shape index (κ2) is 6.17. The minimum Gasteiger partial charge on any atom is -0.478 e. The summed E-state index contributed by atoms with van der Waals surface area (Å²) in [5.41, 5.74) is -0.194. The number of pyridine rings is 1. The molecular formula is C7H7Cl2NO4. The van der Waals surface area contributed by atoms with Gasteiger partial charge in [0.05, 0.1) is 5.56 Å². The fourth-order valence-corrected chi connectivity index (χ4v) is 0.647. The van der Waals surface area contributed by atoms with Crippen molar-refractivity contribution in [3.63, 3.8) is 0 Å². The molecule has 0 aliphatic rings. The van der Waals surface area contributed by atoms with Gasteiger partial charge in [0, 0.05) is 6.20 Å². The summed E-state index contributed by atoms with van der Waals surface area (Å²) in [5.74, 6) is -2.30. The van der Waals surface area contributed by atoms with Crippen LogP contribution >= 0.6 is 24.8 Å². The molecule has 2 N–H and O–H groups in total. The summed E-state index contributed by atoms with van der Waals surface area (Å²) in [6, 6.07) is 2.34. The molecule has 0 unspecified atom stereocenters. The first-order valence-electron chi connectivity index (χ1n) is 3.04. The van der Waals surface area contributed by atoms with Gasteiger partial charge in [0.2, 0.25) is 0 Å². The number of hydrogen-bond acceptors (Lipinski definition) is 3. The highest BCUT2D eigenvalue weighted by molar-refractivity contribution is 5.89. The molecule has 0 aliphatic carbocycles. The molecule has 5 nitrogen and oxygen atoms in total. The Morgan fingerprint density at radius 1 is 1.07 bits per heavy atom. The molecule has 0 atom stereocenters. The number of halogens is 2. The SMILES string of the molecule is Cl.Cl.O=C(O)c1ccc(C(=O)O)nc1. The topological polar surface area (TPSA) is 87.5 Å². The van der Waals surface area contributed by atoms with Gasteiger partial charge >= 0.3 is 11.9 Å². The lowest BCUT2D eigenvalue weighted by Crippen LogP contribution is -2.02. The average Bonchev–Trinajstić information content (AvgIpc) is 2.04. The summed E-state index contributed by atoms with van der Waals surface area (Å²) in [4.78, 5) is 24.0. The van der Waals surface area contributed by atoms with Crippen LogP contribution in [0.2, 0.25) is 0 Å². The van der Waals surface area contributed by atoms with E-state index in [4.69, 9.17) is 10.2 Å². The molecule has 0 aliphatic heterocycles. The molecule has 0 fully saturated rings. The molecule has 0 aromatic carbocycles. The van der Waals surface area contributed by atoms with E-state index in [2.05, 4.69) is 4.98 Å². The quantitative estimate of drug-likeness (QED) is 0.813. The van der Waals surface area contributed by atoms with E-state index >= 15 is 0 Å². The van der Waals surface area contributed by atoms with Crippen LogP contribution in [0.3, 0.4) is 0 Å². The Kier molecular flexibility index (Phi) is 6.68. The lowest BCUT2D eigenvalue weighted by Gasteiger charge is -1.93. The van der Waals surface area contributed by atoms with Gasteiger partial charge in [0.25, 0.3) is 0 Å². The summed E-state index contributed by atoms with van der Waals surface area (Å²) in [7, 11) is 0. The fraction of sp³-hybridized carbons (Fsp3) is 0. The number of carboxylic acids is 2. The monoisotopic (exact) mass is 239 g/mol. The van der Waals surface area contributed by atoms with Crippen LogP contribution in [0.1, 0.15) is 20.8 Å². The lowest BCUT2D eigenvalue weighted by atomic mass is 10.2. The smallest absolute Gasteiger partial charge is 0.354 e.